The molecule has 1 atom stereocenters. The number of primary amides is 1. The Balaban J connectivity index is 3.16. The summed E-state index contributed by atoms with van der Waals surface area (Å²) in [5, 5.41) is 12.8. The minimum Gasteiger partial charge on any atom is -0.481 e. The Morgan fingerprint density at radius 2 is 2.10 bits per heavy atom. The van der Waals surface area contributed by atoms with Crippen LogP contribution in [0, 0.1) is 6.92 Å². The van der Waals surface area contributed by atoms with Crippen LogP contribution in [0.3, 0.4) is 0 Å². The van der Waals surface area contributed by atoms with Crippen LogP contribution in [0.4, 0.5) is 4.79 Å². The van der Waals surface area contributed by atoms with Crippen molar-refractivity contribution >= 4 is 17.7 Å². The Morgan fingerprint density at radius 3 is 2.65 bits per heavy atom. The van der Waals surface area contributed by atoms with Gasteiger partial charge in [0.2, 0.25) is 0 Å². The summed E-state index contributed by atoms with van der Waals surface area (Å²) >= 11 is 0. The largest absolute Gasteiger partial charge is 0.481 e. The van der Waals surface area contributed by atoms with Gasteiger partial charge >= 0.3 is 12.0 Å². The van der Waals surface area contributed by atoms with E-state index >= 15 is 0 Å². The van der Waals surface area contributed by atoms with Gasteiger partial charge in [0.15, 0.2) is 0 Å². The number of rotatable bonds is 5. The Hall–Kier alpha value is -2.37. The second-order valence-electron chi connectivity index (χ2n) is 4.76. The zero-order chi connectivity index (χ0) is 15.3. The van der Waals surface area contributed by atoms with Crippen LogP contribution in [-0.4, -0.2) is 22.8 Å². The Bertz CT molecular complexity index is 553. The number of carbonyl (C=O) groups excluding carboxylic acids is 1. The van der Waals surface area contributed by atoms with Gasteiger partial charge in [-0.05, 0) is 31.4 Å². The van der Waals surface area contributed by atoms with Gasteiger partial charge in [-0.3, -0.25) is 4.79 Å². The van der Waals surface area contributed by atoms with Crippen molar-refractivity contribution in [2.75, 3.05) is 0 Å². The average molecular weight is 277 g/mol. The fourth-order valence-electron chi connectivity index (χ4n) is 1.98. The maximum atomic E-state index is 10.8. The van der Waals surface area contributed by atoms with Crippen LogP contribution in [-0.2, 0) is 4.79 Å². The summed E-state index contributed by atoms with van der Waals surface area (Å²) in [5.74, 6) is -1.00. The van der Waals surface area contributed by atoms with Gasteiger partial charge < -0.3 is 10.8 Å². The number of hydrazone groups is 1. The molecule has 0 heterocycles. The van der Waals surface area contributed by atoms with Crippen molar-refractivity contribution < 1.29 is 14.7 Å². The minimum absolute atomic E-state index is 0.0343. The van der Waals surface area contributed by atoms with E-state index in [0.717, 1.165) is 16.7 Å². The number of carboxylic acids is 1. The predicted octanol–water partition coefficient (Wildman–Crippen LogP) is 1.97. The maximum absolute atomic E-state index is 10.8. The predicted molar refractivity (Wildman–Crippen MR) is 76.8 cm³/mol. The van der Waals surface area contributed by atoms with Crippen LogP contribution in [0.2, 0.25) is 0 Å². The molecule has 0 radical (unpaired) electrons. The third-order valence-corrected chi connectivity index (χ3v) is 2.94. The van der Waals surface area contributed by atoms with E-state index in [1.807, 2.05) is 32.0 Å². The van der Waals surface area contributed by atoms with Crippen LogP contribution in [0.5, 0.6) is 0 Å². The van der Waals surface area contributed by atoms with E-state index in [1.165, 1.54) is 0 Å². The highest BCUT2D eigenvalue weighted by molar-refractivity contribution is 6.00. The molecule has 4 N–H and O–H groups in total. The lowest BCUT2D eigenvalue weighted by molar-refractivity contribution is -0.137. The number of amides is 2. The number of nitrogens with one attached hydrogen (secondary N) is 1. The molecule has 108 valence electrons. The first-order valence-electron chi connectivity index (χ1n) is 6.23. The second kappa shape index (κ2) is 6.70. The molecule has 0 fully saturated rings. The summed E-state index contributed by atoms with van der Waals surface area (Å²) in [7, 11) is 0. The molecule has 0 spiro atoms. The molecule has 2 amide bonds. The van der Waals surface area contributed by atoms with Crippen LogP contribution in [0.1, 0.15) is 42.9 Å². The normalized spacial score (nSPS) is 12.8. The van der Waals surface area contributed by atoms with Crippen molar-refractivity contribution in [2.24, 2.45) is 10.8 Å². The average Bonchev–Trinajstić information content (AvgIpc) is 2.34. The van der Waals surface area contributed by atoms with Crippen molar-refractivity contribution in [3.63, 3.8) is 0 Å². The fraction of sp³-hybridized carbons (Fsp3) is 0.357. The number of benzene rings is 1. The van der Waals surface area contributed by atoms with Gasteiger partial charge in [-0.2, -0.15) is 5.10 Å². The lowest BCUT2D eigenvalue weighted by Crippen LogP contribution is -2.25. The lowest BCUT2D eigenvalue weighted by Gasteiger charge is -2.15. The molecule has 0 aliphatic carbocycles. The van der Waals surface area contributed by atoms with E-state index in [0.29, 0.717) is 5.71 Å². The van der Waals surface area contributed by atoms with Gasteiger partial charge in [0, 0.05) is 5.56 Å². The molecular weight excluding hydrogens is 258 g/mol. The van der Waals surface area contributed by atoms with E-state index in [1.54, 1.807) is 6.92 Å². The summed E-state index contributed by atoms with van der Waals surface area (Å²) in [6.45, 7) is 5.52. The third-order valence-electron chi connectivity index (χ3n) is 2.94. The van der Waals surface area contributed by atoms with Crippen molar-refractivity contribution in [3.05, 3.63) is 34.9 Å². The smallest absolute Gasteiger partial charge is 0.332 e. The Kier molecular flexibility index (Phi) is 5.25. The van der Waals surface area contributed by atoms with Gasteiger partial charge in [0.1, 0.15) is 0 Å². The molecule has 6 heteroatoms. The third kappa shape index (κ3) is 4.38. The summed E-state index contributed by atoms with van der Waals surface area (Å²) in [4.78, 5) is 21.5. The number of nitrogens with zero attached hydrogens (tertiary/aromatic N) is 1. The summed E-state index contributed by atoms with van der Waals surface area (Å²) in [6, 6.07) is 4.99. The molecule has 1 aromatic rings. The monoisotopic (exact) mass is 277 g/mol. The van der Waals surface area contributed by atoms with Gasteiger partial charge in [-0.1, -0.05) is 24.6 Å². The van der Waals surface area contributed by atoms with Crippen LogP contribution < -0.4 is 11.2 Å². The number of carbonyl (C=O) groups is 2. The molecule has 0 bridgehead atoms. The number of aliphatic carboxylic acids is 1. The highest BCUT2D eigenvalue weighted by atomic mass is 16.4. The van der Waals surface area contributed by atoms with Crippen LogP contribution >= 0.6 is 0 Å². The van der Waals surface area contributed by atoms with Crippen molar-refractivity contribution in [2.45, 2.75) is 33.1 Å². The van der Waals surface area contributed by atoms with E-state index < -0.39 is 12.0 Å². The zero-order valence-corrected chi connectivity index (χ0v) is 11.8. The minimum atomic E-state index is -0.853. The highest BCUT2D eigenvalue weighted by Gasteiger charge is 2.15. The van der Waals surface area contributed by atoms with Crippen LogP contribution in [0.15, 0.2) is 23.3 Å². The van der Waals surface area contributed by atoms with Gasteiger partial charge in [-0.25, -0.2) is 10.2 Å². The number of nitrogens with two attached hydrogens (primary N) is 1. The molecule has 0 saturated heterocycles. The molecule has 1 aromatic carbocycles. The number of aryl methyl sites for hydroxylation is 1. The van der Waals surface area contributed by atoms with Crippen molar-refractivity contribution in [3.8, 4) is 0 Å². The maximum Gasteiger partial charge on any atom is 0.332 e. The van der Waals surface area contributed by atoms with E-state index in [9.17, 15) is 9.59 Å². The Morgan fingerprint density at radius 1 is 1.45 bits per heavy atom. The zero-order valence-electron chi connectivity index (χ0n) is 11.8. The highest BCUT2D eigenvalue weighted by Crippen LogP contribution is 2.24. The molecule has 0 saturated carbocycles. The molecule has 0 aromatic heterocycles. The first kappa shape index (κ1) is 15.7. The Labute approximate surface area is 117 Å². The van der Waals surface area contributed by atoms with E-state index in [4.69, 9.17) is 10.8 Å². The first-order valence-corrected chi connectivity index (χ1v) is 6.23. The molecule has 0 aliphatic rings. The SMILES string of the molecule is CC(=NNC(N)=O)c1cc(C)ccc1[C@@H](C)CC(=O)O. The molecule has 6 nitrogen and oxygen atoms in total. The summed E-state index contributed by atoms with van der Waals surface area (Å²) in [5.41, 5.74) is 10.5. The topological polar surface area (TPSA) is 105 Å². The number of carboxylic acid groups (broad SMARTS) is 1. The standard InChI is InChI=1S/C14H19N3O3/c1-8-4-5-11(9(2)7-13(18)19)12(6-8)10(3)16-17-14(15)20/h4-6,9H,7H2,1-3H3,(H,18,19)(H3,15,17,20)/t9-/m0/s1. The second-order valence-corrected chi connectivity index (χ2v) is 4.76. The van der Waals surface area contributed by atoms with Gasteiger partial charge in [-0.15, -0.1) is 0 Å². The molecule has 1 rings (SSSR count). The molecule has 0 aliphatic heterocycles. The molecule has 20 heavy (non-hydrogen) atoms. The number of hydrogen-bond donors (Lipinski definition) is 3. The van der Waals surface area contributed by atoms with E-state index in [2.05, 4.69) is 10.5 Å². The van der Waals surface area contributed by atoms with E-state index in [-0.39, 0.29) is 12.3 Å². The summed E-state index contributed by atoms with van der Waals surface area (Å²) < 4.78 is 0. The van der Waals surface area contributed by atoms with Gasteiger partial charge in [0.25, 0.3) is 0 Å². The van der Waals surface area contributed by atoms with Crippen LogP contribution in [0.25, 0.3) is 0 Å². The first-order chi connectivity index (χ1) is 9.31. The fourth-order valence-corrected chi connectivity index (χ4v) is 1.98. The van der Waals surface area contributed by atoms with Crippen molar-refractivity contribution in [1.29, 1.82) is 0 Å². The lowest BCUT2D eigenvalue weighted by atomic mass is 9.90. The number of hydrogen-bond acceptors (Lipinski definition) is 3. The van der Waals surface area contributed by atoms with Crippen molar-refractivity contribution in [1.82, 2.24) is 5.43 Å². The quantitative estimate of drug-likeness (QED) is 0.566. The number of urea groups is 1. The molecular formula is C14H19N3O3. The van der Waals surface area contributed by atoms with Gasteiger partial charge in [0.05, 0.1) is 12.1 Å². The summed E-state index contributed by atoms with van der Waals surface area (Å²) in [6.07, 6.45) is 0.0343. The molecule has 0 unspecified atom stereocenters.